The highest BCUT2D eigenvalue weighted by Crippen LogP contribution is 2.46. The van der Waals surface area contributed by atoms with E-state index in [4.69, 9.17) is 28.5 Å². The molecule has 2 N–H and O–H groups in total. The van der Waals surface area contributed by atoms with Crippen molar-refractivity contribution in [3.8, 4) is 23.0 Å². The van der Waals surface area contributed by atoms with Crippen molar-refractivity contribution in [1.82, 2.24) is 5.32 Å². The molecule has 0 bridgehead atoms. The summed E-state index contributed by atoms with van der Waals surface area (Å²) in [6, 6.07) is 12.9. The third-order valence-electron chi connectivity index (χ3n) is 6.21. The van der Waals surface area contributed by atoms with Gasteiger partial charge in [0.25, 0.3) is 0 Å². The first kappa shape index (κ1) is 26.4. The summed E-state index contributed by atoms with van der Waals surface area (Å²) in [5.41, 5.74) is 5.40. The Balaban J connectivity index is 1.71. The molecule has 0 saturated heterocycles. The second-order valence-electron chi connectivity index (χ2n) is 8.54. The van der Waals surface area contributed by atoms with E-state index in [9.17, 15) is 9.59 Å². The largest absolute Gasteiger partial charge is 0.497 e. The van der Waals surface area contributed by atoms with Gasteiger partial charge in [0.1, 0.15) is 11.5 Å². The number of nitrogens with one attached hydrogen (secondary N) is 1. The van der Waals surface area contributed by atoms with Gasteiger partial charge >= 0.3 is 5.97 Å². The smallest absolute Gasteiger partial charge is 0.341 e. The van der Waals surface area contributed by atoms with E-state index in [0.717, 1.165) is 33.4 Å². The number of hydrogen-bond donors (Lipinski definition) is 2. The van der Waals surface area contributed by atoms with Crippen LogP contribution in [0.25, 0.3) is 17.2 Å². The number of furan rings is 1. The zero-order chi connectivity index (χ0) is 27.2. The topological polar surface area (TPSA) is 116 Å². The summed E-state index contributed by atoms with van der Waals surface area (Å²) in [6.07, 6.45) is 3.72. The second kappa shape index (κ2) is 11.6. The van der Waals surface area contributed by atoms with E-state index < -0.39 is 12.6 Å². The van der Waals surface area contributed by atoms with Crippen LogP contribution in [0.4, 0.5) is 0 Å². The average Bonchev–Trinajstić information content (AvgIpc) is 3.53. The summed E-state index contributed by atoms with van der Waals surface area (Å²) < 4.78 is 27.1. The third kappa shape index (κ3) is 5.67. The highest BCUT2D eigenvalue weighted by Gasteiger charge is 2.26. The van der Waals surface area contributed by atoms with E-state index in [1.807, 2.05) is 37.3 Å². The summed E-state index contributed by atoms with van der Waals surface area (Å²) in [7, 11) is 4.55. The number of methoxy groups -OCH3 is 3. The molecule has 1 amide bonds. The molecule has 0 aliphatic heterocycles. The molecule has 0 atom stereocenters. The molecule has 1 aromatic heterocycles. The summed E-state index contributed by atoms with van der Waals surface area (Å²) in [5, 5.41) is 11.9. The Bertz CT molecular complexity index is 1380. The SMILES string of the molecule is COc1ccc2c(c1)C(CC(=O)NCc1ccco1)=C(C)/C2=C/c1cc(OC)c(OCC(=O)O)c(OC)c1. The fourth-order valence-electron chi connectivity index (χ4n) is 4.36. The predicted molar refractivity (Wildman–Crippen MR) is 141 cm³/mol. The minimum absolute atomic E-state index is 0.131. The Kier molecular flexibility index (Phi) is 8.06. The molecule has 0 saturated carbocycles. The first-order valence-corrected chi connectivity index (χ1v) is 11.8. The van der Waals surface area contributed by atoms with Crippen molar-refractivity contribution in [1.29, 1.82) is 0 Å². The number of fused-ring (bicyclic) bond motifs is 1. The maximum absolute atomic E-state index is 12.9. The number of rotatable bonds is 11. The van der Waals surface area contributed by atoms with Crippen molar-refractivity contribution >= 4 is 29.1 Å². The second-order valence-corrected chi connectivity index (χ2v) is 8.54. The number of hydrogen-bond acceptors (Lipinski definition) is 7. The molecule has 9 heteroatoms. The van der Waals surface area contributed by atoms with Crippen molar-refractivity contribution in [3.05, 3.63) is 76.8 Å². The quantitative estimate of drug-likeness (QED) is 0.371. The molecule has 198 valence electrons. The van der Waals surface area contributed by atoms with Crippen molar-refractivity contribution < 1.29 is 38.1 Å². The predicted octanol–water partition coefficient (Wildman–Crippen LogP) is 4.80. The van der Waals surface area contributed by atoms with Crippen LogP contribution in [-0.4, -0.2) is 44.9 Å². The highest BCUT2D eigenvalue weighted by molar-refractivity contribution is 6.08. The van der Waals surface area contributed by atoms with Crippen molar-refractivity contribution in [2.45, 2.75) is 19.9 Å². The van der Waals surface area contributed by atoms with Crippen LogP contribution in [0.2, 0.25) is 0 Å². The number of carboxylic acid groups (broad SMARTS) is 1. The van der Waals surface area contributed by atoms with Crippen molar-refractivity contribution in [2.75, 3.05) is 27.9 Å². The van der Waals surface area contributed by atoms with Crippen LogP contribution < -0.4 is 24.3 Å². The number of allylic oxidation sites excluding steroid dienone is 2. The highest BCUT2D eigenvalue weighted by atomic mass is 16.5. The van der Waals surface area contributed by atoms with Gasteiger partial charge in [-0.05, 0) is 82.8 Å². The minimum atomic E-state index is -1.11. The molecule has 0 spiro atoms. The Labute approximate surface area is 220 Å². The molecule has 1 aliphatic rings. The summed E-state index contributed by atoms with van der Waals surface area (Å²) in [6.45, 7) is 1.75. The molecule has 38 heavy (non-hydrogen) atoms. The number of benzene rings is 2. The van der Waals surface area contributed by atoms with Gasteiger partial charge in [-0.1, -0.05) is 6.07 Å². The van der Waals surface area contributed by atoms with Crippen LogP contribution in [-0.2, 0) is 16.1 Å². The minimum Gasteiger partial charge on any atom is -0.497 e. The standard InChI is InChI=1S/C29H29NO8/c1-17-22(10-18-11-25(35-3)29(26(12-18)36-4)38-16-28(32)33)21-8-7-19(34-2)13-24(21)23(17)14-27(31)30-15-20-6-5-9-37-20/h5-13H,14-16H2,1-4H3,(H,30,31)(H,32,33)/b22-10-. The molecule has 1 aliphatic carbocycles. The lowest BCUT2D eigenvalue weighted by Crippen LogP contribution is -2.22. The normalized spacial score (nSPS) is 13.3. The van der Waals surface area contributed by atoms with Gasteiger partial charge in [0, 0.05) is 0 Å². The lowest BCUT2D eigenvalue weighted by molar-refractivity contribution is -0.139. The van der Waals surface area contributed by atoms with Gasteiger partial charge < -0.3 is 33.8 Å². The Morgan fingerprint density at radius 2 is 1.74 bits per heavy atom. The van der Waals surface area contributed by atoms with Crippen LogP contribution in [0.3, 0.4) is 0 Å². The van der Waals surface area contributed by atoms with Gasteiger partial charge in [-0.2, -0.15) is 0 Å². The van der Waals surface area contributed by atoms with E-state index in [1.165, 1.54) is 14.2 Å². The Hall–Kier alpha value is -4.66. The molecular formula is C29H29NO8. The number of carbonyl (C=O) groups excluding carboxylic acids is 1. The number of amides is 1. The van der Waals surface area contributed by atoms with E-state index in [2.05, 4.69) is 5.32 Å². The monoisotopic (exact) mass is 519 g/mol. The van der Waals surface area contributed by atoms with Crippen LogP contribution in [0.1, 0.15) is 35.8 Å². The fraction of sp³-hybridized carbons (Fsp3) is 0.241. The zero-order valence-corrected chi connectivity index (χ0v) is 21.6. The van der Waals surface area contributed by atoms with Crippen LogP contribution >= 0.6 is 0 Å². The van der Waals surface area contributed by atoms with E-state index >= 15 is 0 Å². The summed E-state index contributed by atoms with van der Waals surface area (Å²) in [5.74, 6) is 1.01. The first-order valence-electron chi connectivity index (χ1n) is 11.8. The van der Waals surface area contributed by atoms with E-state index in [0.29, 0.717) is 29.6 Å². The number of ether oxygens (including phenoxy) is 4. The molecule has 0 radical (unpaired) electrons. The maximum Gasteiger partial charge on any atom is 0.341 e. The van der Waals surface area contributed by atoms with Crippen LogP contribution in [0, 0.1) is 0 Å². The first-order chi connectivity index (χ1) is 18.3. The molecule has 1 heterocycles. The molecule has 9 nitrogen and oxygen atoms in total. The molecule has 0 fully saturated rings. The lowest BCUT2D eigenvalue weighted by Gasteiger charge is -2.15. The fourth-order valence-corrected chi connectivity index (χ4v) is 4.36. The molecule has 2 aromatic carbocycles. The average molecular weight is 520 g/mol. The lowest BCUT2D eigenvalue weighted by atomic mass is 10.00. The zero-order valence-electron chi connectivity index (χ0n) is 21.6. The molecule has 0 unspecified atom stereocenters. The van der Waals surface area contributed by atoms with E-state index in [-0.39, 0.29) is 18.1 Å². The number of carbonyl (C=O) groups is 2. The summed E-state index contributed by atoms with van der Waals surface area (Å²) >= 11 is 0. The van der Waals surface area contributed by atoms with Gasteiger partial charge in [0.2, 0.25) is 11.7 Å². The van der Waals surface area contributed by atoms with Gasteiger partial charge in [0.15, 0.2) is 18.1 Å². The Morgan fingerprint density at radius 1 is 1.00 bits per heavy atom. The summed E-state index contributed by atoms with van der Waals surface area (Å²) in [4.78, 5) is 23.9. The molecular weight excluding hydrogens is 490 g/mol. The van der Waals surface area contributed by atoms with Crippen molar-refractivity contribution in [2.24, 2.45) is 0 Å². The van der Waals surface area contributed by atoms with Crippen LogP contribution in [0.15, 0.2) is 58.7 Å². The van der Waals surface area contributed by atoms with Gasteiger partial charge in [0.05, 0.1) is 40.6 Å². The molecule has 4 rings (SSSR count). The maximum atomic E-state index is 12.9. The van der Waals surface area contributed by atoms with Gasteiger partial charge in [-0.25, -0.2) is 4.79 Å². The molecule has 3 aromatic rings. The Morgan fingerprint density at radius 3 is 2.34 bits per heavy atom. The third-order valence-corrected chi connectivity index (χ3v) is 6.21. The van der Waals surface area contributed by atoms with Gasteiger partial charge in [-0.15, -0.1) is 0 Å². The number of aliphatic carboxylic acids is 1. The van der Waals surface area contributed by atoms with Crippen LogP contribution in [0.5, 0.6) is 23.0 Å². The van der Waals surface area contributed by atoms with Crippen molar-refractivity contribution in [3.63, 3.8) is 0 Å². The van der Waals surface area contributed by atoms with E-state index in [1.54, 1.807) is 31.6 Å². The number of carboxylic acids is 1. The van der Waals surface area contributed by atoms with Gasteiger partial charge in [-0.3, -0.25) is 4.79 Å².